The van der Waals surface area contributed by atoms with E-state index in [4.69, 9.17) is 0 Å². The van der Waals surface area contributed by atoms with Gasteiger partial charge < -0.3 is 9.88 Å². The first-order chi connectivity index (χ1) is 9.22. The Balaban J connectivity index is 1.67. The Hall–Kier alpha value is -1.75. The van der Waals surface area contributed by atoms with Crippen LogP contribution in [0.15, 0.2) is 30.7 Å². The zero-order valence-corrected chi connectivity index (χ0v) is 10.4. The van der Waals surface area contributed by atoms with Crippen LogP contribution in [0.2, 0.25) is 0 Å². The molecule has 1 N–H and O–H groups in total. The predicted octanol–water partition coefficient (Wildman–Crippen LogP) is 2.46. The molecule has 19 heavy (non-hydrogen) atoms. The third kappa shape index (κ3) is 2.98. The topological polar surface area (TPSA) is 29.9 Å². The molecule has 3 rings (SSSR count). The lowest BCUT2D eigenvalue weighted by atomic mass is 10.2. The number of hydrogen-bond acceptors (Lipinski definition) is 2. The van der Waals surface area contributed by atoms with Crippen LogP contribution in [-0.2, 0) is 13.1 Å². The molecule has 1 saturated carbocycles. The Kier molecular flexibility index (Phi) is 3.29. The van der Waals surface area contributed by atoms with Crippen LogP contribution in [0.5, 0.6) is 0 Å². The van der Waals surface area contributed by atoms with Crippen molar-refractivity contribution in [3.63, 3.8) is 0 Å². The highest BCUT2D eigenvalue weighted by Gasteiger charge is 2.20. The summed E-state index contributed by atoms with van der Waals surface area (Å²) in [6, 6.07) is 4.85. The van der Waals surface area contributed by atoms with Gasteiger partial charge in [0.05, 0.1) is 18.6 Å². The van der Waals surface area contributed by atoms with Crippen molar-refractivity contribution in [1.29, 1.82) is 0 Å². The highest BCUT2D eigenvalue weighted by molar-refractivity contribution is 5.19. The van der Waals surface area contributed by atoms with Crippen LogP contribution in [0, 0.1) is 11.6 Å². The second-order valence-corrected chi connectivity index (χ2v) is 4.91. The van der Waals surface area contributed by atoms with E-state index < -0.39 is 11.6 Å². The molecule has 2 aromatic rings. The predicted molar refractivity (Wildman–Crippen MR) is 67.5 cm³/mol. The highest BCUT2D eigenvalue weighted by atomic mass is 19.2. The summed E-state index contributed by atoms with van der Waals surface area (Å²) in [6.07, 6.45) is 5.97. The zero-order chi connectivity index (χ0) is 13.2. The van der Waals surface area contributed by atoms with E-state index in [9.17, 15) is 8.78 Å². The van der Waals surface area contributed by atoms with Crippen molar-refractivity contribution in [3.8, 4) is 0 Å². The molecule has 0 amide bonds. The maximum Gasteiger partial charge on any atom is 0.163 e. The smallest absolute Gasteiger partial charge is 0.163 e. The number of nitrogens with one attached hydrogen (secondary N) is 1. The van der Waals surface area contributed by atoms with Crippen LogP contribution in [0.4, 0.5) is 8.78 Å². The van der Waals surface area contributed by atoms with Crippen LogP contribution in [0.25, 0.3) is 0 Å². The Morgan fingerprint density at radius 1 is 1.32 bits per heavy atom. The summed E-state index contributed by atoms with van der Waals surface area (Å²) in [5.74, 6) is -1.60. The van der Waals surface area contributed by atoms with E-state index in [1.807, 2.05) is 6.20 Å². The fourth-order valence-corrected chi connectivity index (χ4v) is 1.99. The van der Waals surface area contributed by atoms with Gasteiger partial charge in [-0.1, -0.05) is 12.1 Å². The normalized spacial score (nSPS) is 14.8. The van der Waals surface area contributed by atoms with Crippen molar-refractivity contribution >= 4 is 0 Å². The van der Waals surface area contributed by atoms with Gasteiger partial charge in [-0.05, 0) is 18.9 Å². The molecule has 0 spiro atoms. The van der Waals surface area contributed by atoms with Crippen molar-refractivity contribution in [2.75, 3.05) is 0 Å². The Labute approximate surface area is 110 Å². The summed E-state index contributed by atoms with van der Waals surface area (Å²) in [5, 5.41) is 3.36. The molecule has 0 radical (unpaired) electrons. The number of rotatable bonds is 5. The third-order valence-corrected chi connectivity index (χ3v) is 3.22. The van der Waals surface area contributed by atoms with Gasteiger partial charge in [0.2, 0.25) is 0 Å². The van der Waals surface area contributed by atoms with Gasteiger partial charge >= 0.3 is 0 Å². The fourth-order valence-electron chi connectivity index (χ4n) is 1.99. The summed E-state index contributed by atoms with van der Waals surface area (Å²) in [7, 11) is 0. The van der Waals surface area contributed by atoms with Crippen LogP contribution >= 0.6 is 0 Å². The van der Waals surface area contributed by atoms with Crippen LogP contribution < -0.4 is 5.32 Å². The average Bonchev–Trinajstić information content (AvgIpc) is 3.13. The van der Waals surface area contributed by atoms with E-state index >= 15 is 0 Å². The Morgan fingerprint density at radius 2 is 2.16 bits per heavy atom. The first kappa shape index (κ1) is 12.3. The molecule has 0 aliphatic heterocycles. The Bertz CT molecular complexity index is 576. The van der Waals surface area contributed by atoms with Gasteiger partial charge in [-0.3, -0.25) is 0 Å². The van der Waals surface area contributed by atoms with Crippen molar-refractivity contribution in [2.24, 2.45) is 0 Å². The van der Waals surface area contributed by atoms with E-state index in [0.717, 1.165) is 18.3 Å². The lowest BCUT2D eigenvalue weighted by Crippen LogP contribution is -2.15. The molecule has 0 saturated heterocycles. The van der Waals surface area contributed by atoms with Gasteiger partial charge in [0, 0.05) is 24.3 Å². The minimum Gasteiger partial charge on any atom is -0.333 e. The third-order valence-electron chi connectivity index (χ3n) is 3.22. The van der Waals surface area contributed by atoms with Crippen LogP contribution in [0.1, 0.15) is 24.1 Å². The first-order valence-corrected chi connectivity index (χ1v) is 6.39. The molecule has 0 unspecified atom stereocenters. The molecule has 1 aromatic heterocycles. The van der Waals surface area contributed by atoms with E-state index in [1.54, 1.807) is 17.0 Å². The molecular formula is C14H15F2N3. The van der Waals surface area contributed by atoms with Gasteiger partial charge in [0.15, 0.2) is 11.6 Å². The van der Waals surface area contributed by atoms with Crippen molar-refractivity contribution in [1.82, 2.24) is 14.9 Å². The maximum atomic E-state index is 13.5. The second kappa shape index (κ2) is 5.09. The lowest BCUT2D eigenvalue weighted by molar-refractivity contribution is 0.495. The monoisotopic (exact) mass is 263 g/mol. The van der Waals surface area contributed by atoms with Crippen molar-refractivity contribution in [2.45, 2.75) is 32.0 Å². The first-order valence-electron chi connectivity index (χ1n) is 6.39. The molecule has 3 nitrogen and oxygen atoms in total. The van der Waals surface area contributed by atoms with Crippen molar-refractivity contribution < 1.29 is 8.78 Å². The molecule has 1 aromatic carbocycles. The van der Waals surface area contributed by atoms with Gasteiger partial charge in [0.25, 0.3) is 0 Å². The SMILES string of the molecule is Fc1cccc(Cn2cnc(CNC3CC3)c2)c1F. The number of benzene rings is 1. The van der Waals surface area contributed by atoms with Gasteiger partial charge in [0.1, 0.15) is 0 Å². The molecular weight excluding hydrogens is 248 g/mol. The van der Waals surface area contributed by atoms with Crippen molar-refractivity contribution in [3.05, 3.63) is 53.6 Å². The van der Waals surface area contributed by atoms with E-state index in [1.165, 1.54) is 18.9 Å². The van der Waals surface area contributed by atoms with E-state index in [-0.39, 0.29) is 0 Å². The standard InChI is InChI=1S/C14H15F2N3/c15-13-3-1-2-10(14(13)16)7-19-8-12(18-9-19)6-17-11-4-5-11/h1-3,8-9,11,17H,4-7H2. The highest BCUT2D eigenvalue weighted by Crippen LogP contribution is 2.19. The molecule has 1 fully saturated rings. The molecule has 0 bridgehead atoms. The largest absolute Gasteiger partial charge is 0.333 e. The summed E-state index contributed by atoms with van der Waals surface area (Å²) >= 11 is 0. The minimum absolute atomic E-state index is 0.292. The molecule has 100 valence electrons. The molecule has 1 aliphatic carbocycles. The number of halogens is 2. The minimum atomic E-state index is -0.812. The van der Waals surface area contributed by atoms with Gasteiger partial charge in [-0.2, -0.15) is 0 Å². The summed E-state index contributed by atoms with van der Waals surface area (Å²) in [6.45, 7) is 1.02. The summed E-state index contributed by atoms with van der Waals surface area (Å²) in [4.78, 5) is 4.25. The number of aromatic nitrogens is 2. The van der Waals surface area contributed by atoms with Crippen LogP contribution in [-0.4, -0.2) is 15.6 Å². The Morgan fingerprint density at radius 3 is 2.95 bits per heavy atom. The van der Waals surface area contributed by atoms with E-state index in [0.29, 0.717) is 18.2 Å². The van der Waals surface area contributed by atoms with Gasteiger partial charge in [-0.15, -0.1) is 0 Å². The molecule has 0 atom stereocenters. The molecule has 1 aliphatic rings. The second-order valence-electron chi connectivity index (χ2n) is 4.91. The molecule has 5 heteroatoms. The van der Waals surface area contributed by atoms with Gasteiger partial charge in [-0.25, -0.2) is 13.8 Å². The number of imidazole rings is 1. The fraction of sp³-hybridized carbons (Fsp3) is 0.357. The maximum absolute atomic E-state index is 13.5. The van der Waals surface area contributed by atoms with E-state index in [2.05, 4.69) is 10.3 Å². The summed E-state index contributed by atoms with van der Waals surface area (Å²) < 4.78 is 28.4. The molecule has 1 heterocycles. The van der Waals surface area contributed by atoms with Crippen LogP contribution in [0.3, 0.4) is 0 Å². The number of nitrogens with zero attached hydrogens (tertiary/aromatic N) is 2. The quantitative estimate of drug-likeness (QED) is 0.898. The summed E-state index contributed by atoms with van der Waals surface area (Å²) in [5.41, 5.74) is 1.25. The lowest BCUT2D eigenvalue weighted by Gasteiger charge is -2.04. The zero-order valence-electron chi connectivity index (χ0n) is 10.4. The number of hydrogen-bond donors (Lipinski definition) is 1. The average molecular weight is 263 g/mol.